The molecule has 0 unspecified atom stereocenters. The molecular weight excluding hydrogens is 372 g/mol. The normalized spacial score (nSPS) is 49.0. The molecule has 4 aliphatic rings. The van der Waals surface area contributed by atoms with E-state index in [0.29, 0.717) is 12.3 Å². The van der Waals surface area contributed by atoms with Crippen molar-refractivity contribution in [2.24, 2.45) is 34.5 Å². The molecule has 2 N–H and O–H groups in total. The van der Waals surface area contributed by atoms with Crippen LogP contribution in [-0.2, 0) is 19.1 Å². The summed E-state index contributed by atoms with van der Waals surface area (Å²) in [7, 11) is 0. The van der Waals surface area contributed by atoms with Crippen LogP contribution in [0, 0.1) is 34.5 Å². The second-order valence-corrected chi connectivity index (χ2v) is 10.6. The molecule has 0 saturated heterocycles. The van der Waals surface area contributed by atoms with Crippen LogP contribution in [0.25, 0.3) is 0 Å². The third-order valence-electron chi connectivity index (χ3n) is 9.35. The van der Waals surface area contributed by atoms with E-state index in [1.807, 2.05) is 6.92 Å². The second kappa shape index (κ2) is 6.88. The predicted octanol–water partition coefficient (Wildman–Crippen LogP) is 2.43. The molecule has 0 bridgehead atoms. The summed E-state index contributed by atoms with van der Waals surface area (Å²) in [4.78, 5) is 37.5. The van der Waals surface area contributed by atoms with Gasteiger partial charge in [-0.2, -0.15) is 0 Å². The van der Waals surface area contributed by atoms with Crippen LogP contribution in [0.1, 0.15) is 72.1 Å². The van der Waals surface area contributed by atoms with Crippen LogP contribution in [0.3, 0.4) is 0 Å². The van der Waals surface area contributed by atoms with Gasteiger partial charge in [0.25, 0.3) is 0 Å². The first-order valence-electron chi connectivity index (χ1n) is 11.1. The highest BCUT2D eigenvalue weighted by molar-refractivity contribution is 5.93. The van der Waals surface area contributed by atoms with Crippen molar-refractivity contribution in [2.75, 3.05) is 6.61 Å². The highest BCUT2D eigenvalue weighted by Gasteiger charge is 2.69. The fourth-order valence-electron chi connectivity index (χ4n) is 7.80. The van der Waals surface area contributed by atoms with Gasteiger partial charge in [-0.05, 0) is 68.1 Å². The minimum atomic E-state index is -1.62. The molecule has 29 heavy (non-hydrogen) atoms. The Balaban J connectivity index is 1.63. The summed E-state index contributed by atoms with van der Waals surface area (Å²) in [6.07, 6.45) is 5.28. The number of hydrogen-bond donors (Lipinski definition) is 2. The van der Waals surface area contributed by atoms with E-state index in [4.69, 9.17) is 4.74 Å². The molecule has 0 aromatic carbocycles. The lowest BCUT2D eigenvalue weighted by Crippen LogP contribution is -2.62. The van der Waals surface area contributed by atoms with Gasteiger partial charge >= 0.3 is 5.97 Å². The molecule has 0 amide bonds. The maximum Gasteiger partial charge on any atom is 0.303 e. The number of rotatable bonds is 3. The maximum absolute atomic E-state index is 13.5. The quantitative estimate of drug-likeness (QED) is 0.698. The molecule has 4 rings (SSSR count). The highest BCUT2D eigenvalue weighted by atomic mass is 16.5. The number of ether oxygens (including phenoxy) is 1. The van der Waals surface area contributed by atoms with E-state index in [-0.39, 0.29) is 41.5 Å². The van der Waals surface area contributed by atoms with E-state index in [9.17, 15) is 24.6 Å². The van der Waals surface area contributed by atoms with E-state index in [1.165, 1.54) is 6.92 Å². The third-order valence-corrected chi connectivity index (χ3v) is 9.35. The molecule has 4 aliphatic carbocycles. The zero-order valence-electron chi connectivity index (χ0n) is 17.8. The van der Waals surface area contributed by atoms with E-state index in [1.54, 1.807) is 0 Å². The van der Waals surface area contributed by atoms with Crippen molar-refractivity contribution in [3.8, 4) is 0 Å². The van der Waals surface area contributed by atoms with E-state index < -0.39 is 29.4 Å². The van der Waals surface area contributed by atoms with E-state index in [0.717, 1.165) is 38.5 Å². The number of carbonyl (C=O) groups is 3. The van der Waals surface area contributed by atoms with Crippen LogP contribution in [0.2, 0.25) is 0 Å². The molecule has 6 nitrogen and oxygen atoms in total. The largest absolute Gasteiger partial charge is 0.458 e. The average molecular weight is 407 g/mol. The zero-order valence-corrected chi connectivity index (χ0v) is 17.8. The van der Waals surface area contributed by atoms with Crippen LogP contribution < -0.4 is 0 Å². The number of ketones is 2. The van der Waals surface area contributed by atoms with Gasteiger partial charge in [-0.1, -0.05) is 13.8 Å². The summed E-state index contributed by atoms with van der Waals surface area (Å²) in [6.45, 7) is 4.93. The van der Waals surface area contributed by atoms with Crippen molar-refractivity contribution in [3.05, 3.63) is 0 Å². The Morgan fingerprint density at radius 2 is 1.86 bits per heavy atom. The highest BCUT2D eigenvalue weighted by Crippen LogP contribution is 2.67. The molecule has 4 saturated carbocycles. The monoisotopic (exact) mass is 406 g/mol. The van der Waals surface area contributed by atoms with Crippen molar-refractivity contribution in [2.45, 2.75) is 83.8 Å². The Bertz CT molecular complexity index is 733. The van der Waals surface area contributed by atoms with Crippen molar-refractivity contribution in [3.63, 3.8) is 0 Å². The number of fused-ring (bicyclic) bond motifs is 5. The number of carbonyl (C=O) groups excluding carboxylic acids is 3. The second-order valence-electron chi connectivity index (χ2n) is 10.6. The lowest BCUT2D eigenvalue weighted by molar-refractivity contribution is -0.181. The Labute approximate surface area is 172 Å². The molecule has 0 aromatic heterocycles. The number of aliphatic hydroxyl groups is 2. The van der Waals surface area contributed by atoms with Crippen LogP contribution in [0.15, 0.2) is 0 Å². The third kappa shape index (κ3) is 2.93. The first-order chi connectivity index (χ1) is 13.5. The van der Waals surface area contributed by atoms with Gasteiger partial charge < -0.3 is 14.9 Å². The summed E-state index contributed by atoms with van der Waals surface area (Å²) in [6, 6.07) is 0. The predicted molar refractivity (Wildman–Crippen MR) is 105 cm³/mol. The van der Waals surface area contributed by atoms with Crippen molar-refractivity contribution in [1.82, 2.24) is 0 Å². The Hall–Kier alpha value is -1.27. The Kier molecular flexibility index (Phi) is 4.97. The van der Waals surface area contributed by atoms with Gasteiger partial charge in [0.2, 0.25) is 5.78 Å². The summed E-state index contributed by atoms with van der Waals surface area (Å²) < 4.78 is 4.88. The molecule has 6 heteroatoms. The van der Waals surface area contributed by atoms with Crippen LogP contribution in [0.4, 0.5) is 0 Å². The zero-order chi connectivity index (χ0) is 21.2. The van der Waals surface area contributed by atoms with Crippen LogP contribution in [0.5, 0.6) is 0 Å². The van der Waals surface area contributed by atoms with E-state index >= 15 is 0 Å². The van der Waals surface area contributed by atoms with Crippen LogP contribution >= 0.6 is 0 Å². The molecule has 0 heterocycles. The van der Waals surface area contributed by atoms with Gasteiger partial charge in [0.1, 0.15) is 11.4 Å². The number of Topliss-reactive ketones (excluding diaryl/α,β-unsaturated/α-hetero) is 2. The van der Waals surface area contributed by atoms with Gasteiger partial charge in [-0.3, -0.25) is 14.4 Å². The van der Waals surface area contributed by atoms with E-state index in [2.05, 4.69) is 6.92 Å². The first kappa shape index (κ1) is 21.0. The summed E-state index contributed by atoms with van der Waals surface area (Å²) in [5.41, 5.74) is -2.52. The van der Waals surface area contributed by atoms with Gasteiger partial charge in [0, 0.05) is 24.7 Å². The standard InChI is InChI=1S/C23H34O6/c1-13(24)29-12-19(27)23(28)9-7-17-16-5-4-14-10-15(25)6-8-21(14,2)20(16)18(26)11-22(17,23)3/h14-17,20,25,28H,4-12H2,1-3H3/t14-,15+,16+,17+,20-,21+,22+,23-/m1/s1. The topological polar surface area (TPSA) is 101 Å². The first-order valence-corrected chi connectivity index (χ1v) is 11.1. The SMILES string of the molecule is CC(=O)OCC(=O)[C@]1(O)CC[C@H]2[C@@H]3CC[C@@H]4C[C@@H](O)CC[C@]4(C)[C@H]3C(=O)C[C@@]21C. The molecule has 8 atom stereocenters. The molecule has 0 spiro atoms. The summed E-state index contributed by atoms with van der Waals surface area (Å²) in [5, 5.41) is 21.6. The fraction of sp³-hybridized carbons (Fsp3) is 0.870. The molecular formula is C23H34O6. The summed E-state index contributed by atoms with van der Waals surface area (Å²) in [5.74, 6) is -0.256. The fourth-order valence-corrected chi connectivity index (χ4v) is 7.80. The molecule has 0 aliphatic heterocycles. The number of hydrogen-bond acceptors (Lipinski definition) is 6. The molecule has 162 valence electrons. The Morgan fingerprint density at radius 3 is 2.55 bits per heavy atom. The van der Waals surface area contributed by atoms with Crippen molar-refractivity contribution >= 4 is 17.5 Å². The van der Waals surface area contributed by atoms with Crippen LogP contribution in [-0.4, -0.2) is 46.1 Å². The number of aliphatic hydroxyl groups excluding tert-OH is 1. The average Bonchev–Trinajstić information content (AvgIpc) is 2.91. The van der Waals surface area contributed by atoms with Crippen molar-refractivity contribution in [1.29, 1.82) is 0 Å². The van der Waals surface area contributed by atoms with Gasteiger partial charge in [0.05, 0.1) is 6.10 Å². The maximum atomic E-state index is 13.5. The molecule has 4 fully saturated rings. The minimum Gasteiger partial charge on any atom is -0.458 e. The van der Waals surface area contributed by atoms with Gasteiger partial charge in [0.15, 0.2) is 6.61 Å². The Morgan fingerprint density at radius 1 is 1.14 bits per heavy atom. The summed E-state index contributed by atoms with van der Waals surface area (Å²) >= 11 is 0. The van der Waals surface area contributed by atoms with Gasteiger partial charge in [-0.25, -0.2) is 0 Å². The smallest absolute Gasteiger partial charge is 0.303 e. The lowest BCUT2D eigenvalue weighted by Gasteiger charge is -2.60. The van der Waals surface area contributed by atoms with Crippen molar-refractivity contribution < 1.29 is 29.3 Å². The molecule has 0 aromatic rings. The minimum absolute atomic E-state index is 0.0438. The molecule has 0 radical (unpaired) electrons. The number of esters is 1. The lowest BCUT2D eigenvalue weighted by atomic mass is 9.44. The van der Waals surface area contributed by atoms with Gasteiger partial charge in [-0.15, -0.1) is 0 Å².